The highest BCUT2D eigenvalue weighted by Gasteiger charge is 2.20. The zero-order valence-electron chi connectivity index (χ0n) is 11.0. The fourth-order valence-corrected chi connectivity index (χ4v) is 1.82. The molecule has 1 heterocycles. The van der Waals surface area contributed by atoms with E-state index >= 15 is 0 Å². The average molecular weight is 260 g/mol. The van der Waals surface area contributed by atoms with Gasteiger partial charge in [-0.2, -0.15) is 0 Å². The number of benzene rings is 1. The molecular weight excluding hydrogens is 244 g/mol. The lowest BCUT2D eigenvalue weighted by Gasteiger charge is -2.25. The number of rotatable bonds is 3. The Morgan fingerprint density at radius 2 is 2.05 bits per heavy atom. The van der Waals surface area contributed by atoms with Crippen LogP contribution in [0.15, 0.2) is 36.0 Å². The van der Waals surface area contributed by atoms with Gasteiger partial charge in [-0.25, -0.2) is 0 Å². The molecule has 1 aromatic carbocycles. The van der Waals surface area contributed by atoms with Crippen molar-refractivity contribution in [1.29, 1.82) is 0 Å². The normalized spacial score (nSPS) is 17.3. The molecule has 5 heteroatoms. The molecule has 0 bridgehead atoms. The number of hydrogen-bond acceptors (Lipinski definition) is 4. The third-order valence-electron chi connectivity index (χ3n) is 2.99. The van der Waals surface area contributed by atoms with Crippen molar-refractivity contribution in [2.45, 2.75) is 0 Å². The molecule has 0 radical (unpaired) electrons. The molecule has 1 fully saturated rings. The molecule has 1 aliphatic heterocycles. The summed E-state index contributed by atoms with van der Waals surface area (Å²) in [5, 5.41) is 2.95. The van der Waals surface area contributed by atoms with Gasteiger partial charge < -0.3 is 15.0 Å². The predicted octanol–water partition coefficient (Wildman–Crippen LogP) is 0.823. The van der Waals surface area contributed by atoms with Gasteiger partial charge in [0.15, 0.2) is 5.78 Å². The Morgan fingerprint density at radius 3 is 2.68 bits per heavy atom. The molecule has 1 aromatic rings. The smallest absolute Gasteiger partial charge is 0.269 e. The number of piperazine rings is 1. The number of carbonyl (C=O) groups is 2. The summed E-state index contributed by atoms with van der Waals surface area (Å²) < 4.78 is 5.03. The van der Waals surface area contributed by atoms with E-state index in [2.05, 4.69) is 5.32 Å². The van der Waals surface area contributed by atoms with Gasteiger partial charge >= 0.3 is 0 Å². The topological polar surface area (TPSA) is 58.6 Å². The lowest BCUT2D eigenvalue weighted by Crippen LogP contribution is -2.44. The summed E-state index contributed by atoms with van der Waals surface area (Å²) in [6, 6.07) is 6.78. The number of ketones is 1. The first-order valence-electron chi connectivity index (χ1n) is 6.01. The molecule has 1 N–H and O–H groups in total. The summed E-state index contributed by atoms with van der Waals surface area (Å²) >= 11 is 0. The first-order chi connectivity index (χ1) is 9.11. The molecule has 1 aliphatic rings. The van der Waals surface area contributed by atoms with Crippen molar-refractivity contribution in [3.8, 4) is 5.75 Å². The van der Waals surface area contributed by atoms with Crippen LogP contribution < -0.4 is 10.1 Å². The molecule has 0 spiro atoms. The van der Waals surface area contributed by atoms with Crippen molar-refractivity contribution in [2.24, 2.45) is 0 Å². The number of methoxy groups -OCH3 is 1. The largest absolute Gasteiger partial charge is 0.497 e. The number of nitrogens with zero attached hydrogens (tertiary/aromatic N) is 1. The molecule has 0 atom stereocenters. The van der Waals surface area contributed by atoms with Crippen LogP contribution in [0.25, 0.3) is 0 Å². The van der Waals surface area contributed by atoms with Gasteiger partial charge in [0.1, 0.15) is 11.4 Å². The molecule has 1 saturated heterocycles. The Hall–Kier alpha value is -2.30. The third-order valence-corrected chi connectivity index (χ3v) is 2.99. The molecule has 100 valence electrons. The second-order valence-electron chi connectivity index (χ2n) is 4.30. The minimum Gasteiger partial charge on any atom is -0.497 e. The fraction of sp³-hybridized carbons (Fsp3) is 0.286. The van der Waals surface area contributed by atoms with Gasteiger partial charge in [-0.1, -0.05) is 0 Å². The van der Waals surface area contributed by atoms with Crippen molar-refractivity contribution in [3.63, 3.8) is 0 Å². The van der Waals surface area contributed by atoms with Gasteiger partial charge in [0.05, 0.1) is 7.11 Å². The van der Waals surface area contributed by atoms with Crippen LogP contribution in [0.2, 0.25) is 0 Å². The molecular formula is C14H16N2O3. The van der Waals surface area contributed by atoms with Crippen LogP contribution in [0.3, 0.4) is 0 Å². The Labute approximate surface area is 111 Å². The average Bonchev–Trinajstić information content (AvgIpc) is 2.44. The number of likely N-dealkylation sites (N-methyl/N-ethyl adjacent to an activating group) is 1. The number of allylic oxidation sites excluding steroid dienone is 1. The number of hydrogen-bond donors (Lipinski definition) is 1. The molecule has 1 amide bonds. The number of ether oxygens (including phenoxy) is 1. The number of amides is 1. The standard InChI is InChI=1S/C14H16N2O3/c1-16-8-7-15-12(14(16)18)9-13(17)10-3-5-11(19-2)6-4-10/h3-6,9,15H,7-8H2,1-2H3. The van der Waals surface area contributed by atoms with Crippen molar-refractivity contribution >= 4 is 11.7 Å². The molecule has 19 heavy (non-hydrogen) atoms. The van der Waals surface area contributed by atoms with Crippen LogP contribution in [-0.4, -0.2) is 43.8 Å². The quantitative estimate of drug-likeness (QED) is 0.646. The van der Waals surface area contributed by atoms with E-state index in [0.29, 0.717) is 30.1 Å². The summed E-state index contributed by atoms with van der Waals surface area (Å²) in [7, 11) is 3.29. The second kappa shape index (κ2) is 5.56. The van der Waals surface area contributed by atoms with Crippen molar-refractivity contribution in [2.75, 3.05) is 27.2 Å². The van der Waals surface area contributed by atoms with Crippen LogP contribution in [-0.2, 0) is 4.79 Å². The molecule has 2 rings (SSSR count). The van der Waals surface area contributed by atoms with Crippen molar-refractivity contribution in [3.05, 3.63) is 41.6 Å². The summed E-state index contributed by atoms with van der Waals surface area (Å²) in [5.74, 6) is 0.331. The van der Waals surface area contributed by atoms with Gasteiger partial charge in [0, 0.05) is 31.8 Å². The van der Waals surface area contributed by atoms with E-state index in [4.69, 9.17) is 4.74 Å². The van der Waals surface area contributed by atoms with Crippen LogP contribution in [0.5, 0.6) is 5.75 Å². The maximum absolute atomic E-state index is 12.0. The molecule has 5 nitrogen and oxygen atoms in total. The highest BCUT2D eigenvalue weighted by Crippen LogP contribution is 2.13. The van der Waals surface area contributed by atoms with E-state index in [0.717, 1.165) is 0 Å². The molecule has 0 aromatic heterocycles. The zero-order valence-corrected chi connectivity index (χ0v) is 11.0. The van der Waals surface area contributed by atoms with Gasteiger partial charge in [0.25, 0.3) is 5.91 Å². The van der Waals surface area contributed by atoms with Crippen LogP contribution in [0, 0.1) is 0 Å². The van der Waals surface area contributed by atoms with Gasteiger partial charge in [-0.15, -0.1) is 0 Å². The Kier molecular flexibility index (Phi) is 3.85. The Balaban J connectivity index is 2.17. The summed E-state index contributed by atoms with van der Waals surface area (Å²) in [4.78, 5) is 25.4. The van der Waals surface area contributed by atoms with Gasteiger partial charge in [0.2, 0.25) is 0 Å². The van der Waals surface area contributed by atoms with E-state index in [1.54, 1.807) is 43.3 Å². The monoisotopic (exact) mass is 260 g/mol. The summed E-state index contributed by atoms with van der Waals surface area (Å²) in [6.45, 7) is 1.30. The summed E-state index contributed by atoms with van der Waals surface area (Å²) in [6.07, 6.45) is 1.35. The lowest BCUT2D eigenvalue weighted by molar-refractivity contribution is -0.127. The maximum Gasteiger partial charge on any atom is 0.269 e. The first-order valence-corrected chi connectivity index (χ1v) is 6.01. The van der Waals surface area contributed by atoms with Crippen LogP contribution in [0.1, 0.15) is 10.4 Å². The molecule has 0 aliphatic carbocycles. The van der Waals surface area contributed by atoms with E-state index < -0.39 is 0 Å². The van der Waals surface area contributed by atoms with E-state index in [1.165, 1.54) is 6.08 Å². The number of carbonyl (C=O) groups excluding carboxylic acids is 2. The molecule has 0 saturated carbocycles. The minimum absolute atomic E-state index is 0.159. The van der Waals surface area contributed by atoms with Crippen molar-refractivity contribution in [1.82, 2.24) is 10.2 Å². The lowest BCUT2D eigenvalue weighted by atomic mass is 10.1. The summed E-state index contributed by atoms with van der Waals surface area (Å²) in [5.41, 5.74) is 0.866. The van der Waals surface area contributed by atoms with E-state index in [9.17, 15) is 9.59 Å². The predicted molar refractivity (Wildman–Crippen MR) is 71.0 cm³/mol. The fourth-order valence-electron chi connectivity index (χ4n) is 1.82. The maximum atomic E-state index is 12.0. The van der Waals surface area contributed by atoms with E-state index in [-0.39, 0.29) is 11.7 Å². The van der Waals surface area contributed by atoms with Crippen LogP contribution in [0.4, 0.5) is 0 Å². The Morgan fingerprint density at radius 1 is 1.37 bits per heavy atom. The van der Waals surface area contributed by atoms with Gasteiger partial charge in [-0.3, -0.25) is 9.59 Å². The minimum atomic E-state index is -0.200. The first kappa shape index (κ1) is 13.1. The molecule has 0 unspecified atom stereocenters. The van der Waals surface area contributed by atoms with E-state index in [1.807, 2.05) is 0 Å². The zero-order chi connectivity index (χ0) is 13.8. The second-order valence-corrected chi connectivity index (χ2v) is 4.30. The van der Waals surface area contributed by atoms with Crippen molar-refractivity contribution < 1.29 is 14.3 Å². The van der Waals surface area contributed by atoms with Gasteiger partial charge in [-0.05, 0) is 24.3 Å². The SMILES string of the molecule is COc1ccc(C(=O)C=C2NCCN(C)C2=O)cc1. The number of nitrogens with one attached hydrogen (secondary N) is 1. The third kappa shape index (κ3) is 2.93. The Bertz CT molecular complexity index is 520. The van der Waals surface area contributed by atoms with Crippen LogP contribution >= 0.6 is 0 Å². The highest BCUT2D eigenvalue weighted by molar-refractivity contribution is 6.09. The highest BCUT2D eigenvalue weighted by atomic mass is 16.5.